The Balaban J connectivity index is 2.16. The molecule has 1 fully saturated rings. The first-order valence-corrected chi connectivity index (χ1v) is 5.31. The third kappa shape index (κ3) is 2.23. The van der Waals surface area contributed by atoms with Crippen LogP contribution in [0.4, 0.5) is 4.39 Å². The number of hydrogen-bond acceptors (Lipinski definition) is 2. The summed E-state index contributed by atoms with van der Waals surface area (Å²) in [5.74, 6) is -0.539. The molecule has 0 aromatic heterocycles. The van der Waals surface area contributed by atoms with Gasteiger partial charge in [0.05, 0.1) is 11.6 Å². The summed E-state index contributed by atoms with van der Waals surface area (Å²) >= 11 is 0. The first-order valence-electron chi connectivity index (χ1n) is 5.31. The van der Waals surface area contributed by atoms with Crippen LogP contribution < -0.4 is 5.32 Å². The van der Waals surface area contributed by atoms with E-state index in [4.69, 9.17) is 0 Å². The van der Waals surface area contributed by atoms with Gasteiger partial charge in [-0.25, -0.2) is 4.39 Å². The molecule has 0 bridgehead atoms. The van der Waals surface area contributed by atoms with Crippen molar-refractivity contribution in [3.8, 4) is 0 Å². The standard InChI is InChI=1S/C12H14FNO/c13-10-6-2-1-5-9(10)12(15)11-7-3-4-8-14-11/h1-2,5-6,11,14H,3-4,7-8H2. The minimum Gasteiger partial charge on any atom is -0.307 e. The van der Waals surface area contributed by atoms with Crippen LogP contribution in [0, 0.1) is 5.82 Å². The smallest absolute Gasteiger partial charge is 0.182 e. The summed E-state index contributed by atoms with van der Waals surface area (Å²) in [5, 5.41) is 3.13. The van der Waals surface area contributed by atoms with Crippen molar-refractivity contribution in [1.82, 2.24) is 5.32 Å². The molecule has 15 heavy (non-hydrogen) atoms. The molecular weight excluding hydrogens is 193 g/mol. The van der Waals surface area contributed by atoms with Crippen LogP contribution >= 0.6 is 0 Å². The molecule has 0 spiro atoms. The molecule has 3 heteroatoms. The minimum absolute atomic E-state index is 0.118. The zero-order valence-corrected chi connectivity index (χ0v) is 8.50. The molecule has 1 aromatic rings. The minimum atomic E-state index is -0.421. The number of hydrogen-bond donors (Lipinski definition) is 1. The SMILES string of the molecule is O=C(c1ccccc1F)C1CCCCN1. The van der Waals surface area contributed by atoms with Gasteiger partial charge in [-0.2, -0.15) is 0 Å². The summed E-state index contributed by atoms with van der Waals surface area (Å²) in [7, 11) is 0. The summed E-state index contributed by atoms with van der Waals surface area (Å²) in [4.78, 5) is 11.9. The molecule has 2 rings (SSSR count). The second-order valence-electron chi connectivity index (χ2n) is 3.85. The monoisotopic (exact) mass is 207 g/mol. The summed E-state index contributed by atoms with van der Waals surface area (Å²) in [6.07, 6.45) is 2.95. The van der Waals surface area contributed by atoms with Gasteiger partial charge in [0.2, 0.25) is 0 Å². The van der Waals surface area contributed by atoms with Gasteiger partial charge in [0, 0.05) is 0 Å². The molecule has 1 aromatic carbocycles. The van der Waals surface area contributed by atoms with Gasteiger partial charge in [0.1, 0.15) is 5.82 Å². The number of ketones is 1. The third-order valence-corrected chi connectivity index (χ3v) is 2.77. The Morgan fingerprint density at radius 2 is 2.13 bits per heavy atom. The maximum atomic E-state index is 13.3. The molecule has 1 heterocycles. The van der Waals surface area contributed by atoms with Crippen molar-refractivity contribution >= 4 is 5.78 Å². The number of nitrogens with one attached hydrogen (secondary N) is 1. The van der Waals surface area contributed by atoms with E-state index in [-0.39, 0.29) is 17.4 Å². The van der Waals surface area contributed by atoms with Gasteiger partial charge in [-0.1, -0.05) is 18.6 Å². The van der Waals surface area contributed by atoms with E-state index in [9.17, 15) is 9.18 Å². The molecule has 2 nitrogen and oxygen atoms in total. The van der Waals surface area contributed by atoms with E-state index in [0.29, 0.717) is 0 Å². The van der Waals surface area contributed by atoms with E-state index in [2.05, 4.69) is 5.32 Å². The Labute approximate surface area is 88.5 Å². The van der Waals surface area contributed by atoms with E-state index in [1.54, 1.807) is 18.2 Å². The fourth-order valence-corrected chi connectivity index (χ4v) is 1.92. The maximum absolute atomic E-state index is 13.3. The van der Waals surface area contributed by atoms with Crippen LogP contribution in [-0.4, -0.2) is 18.4 Å². The predicted molar refractivity (Wildman–Crippen MR) is 56.4 cm³/mol. The Hall–Kier alpha value is -1.22. The fraction of sp³-hybridized carbons (Fsp3) is 0.417. The molecule has 0 amide bonds. The van der Waals surface area contributed by atoms with Gasteiger partial charge < -0.3 is 5.32 Å². The van der Waals surface area contributed by atoms with Gasteiger partial charge in [0.15, 0.2) is 5.78 Å². The van der Waals surface area contributed by atoms with E-state index in [1.165, 1.54) is 6.07 Å². The van der Waals surface area contributed by atoms with E-state index in [0.717, 1.165) is 25.8 Å². The van der Waals surface area contributed by atoms with Crippen molar-refractivity contribution in [3.05, 3.63) is 35.6 Å². The molecule has 1 aliphatic heterocycles. The van der Waals surface area contributed by atoms with Crippen molar-refractivity contribution in [3.63, 3.8) is 0 Å². The molecule has 1 saturated heterocycles. The van der Waals surface area contributed by atoms with Crippen LogP contribution in [0.25, 0.3) is 0 Å². The second kappa shape index (κ2) is 4.53. The van der Waals surface area contributed by atoms with Crippen LogP contribution in [0.1, 0.15) is 29.6 Å². The zero-order valence-electron chi connectivity index (χ0n) is 8.50. The number of carbonyl (C=O) groups excluding carboxylic acids is 1. The van der Waals surface area contributed by atoms with Crippen molar-refractivity contribution in [2.75, 3.05) is 6.54 Å². The number of halogens is 1. The molecule has 0 aliphatic carbocycles. The molecule has 0 radical (unpaired) electrons. The van der Waals surface area contributed by atoms with E-state index >= 15 is 0 Å². The number of carbonyl (C=O) groups is 1. The van der Waals surface area contributed by atoms with E-state index in [1.807, 2.05) is 0 Å². The predicted octanol–water partition coefficient (Wildman–Crippen LogP) is 2.15. The average molecular weight is 207 g/mol. The van der Waals surface area contributed by atoms with Crippen molar-refractivity contribution in [1.29, 1.82) is 0 Å². The third-order valence-electron chi connectivity index (χ3n) is 2.77. The number of rotatable bonds is 2. The lowest BCUT2D eigenvalue weighted by Crippen LogP contribution is -2.40. The van der Waals surface area contributed by atoms with Crippen molar-refractivity contribution in [2.24, 2.45) is 0 Å². The summed E-state index contributed by atoms with van der Waals surface area (Å²) in [5.41, 5.74) is 0.205. The highest BCUT2D eigenvalue weighted by atomic mass is 19.1. The highest BCUT2D eigenvalue weighted by Crippen LogP contribution is 2.15. The molecule has 0 saturated carbocycles. The van der Waals surface area contributed by atoms with Crippen LogP contribution in [0.2, 0.25) is 0 Å². The van der Waals surface area contributed by atoms with Crippen molar-refractivity contribution < 1.29 is 9.18 Å². The van der Waals surface area contributed by atoms with Crippen molar-refractivity contribution in [2.45, 2.75) is 25.3 Å². The Morgan fingerprint density at radius 1 is 1.33 bits per heavy atom. The zero-order chi connectivity index (χ0) is 10.7. The highest BCUT2D eigenvalue weighted by Gasteiger charge is 2.23. The average Bonchev–Trinajstić information content (AvgIpc) is 2.30. The van der Waals surface area contributed by atoms with Gasteiger partial charge in [-0.05, 0) is 31.5 Å². The Bertz CT molecular complexity index is 358. The van der Waals surface area contributed by atoms with Crippen LogP contribution in [0.5, 0.6) is 0 Å². The molecule has 1 aliphatic rings. The lowest BCUT2D eigenvalue weighted by Gasteiger charge is -2.22. The highest BCUT2D eigenvalue weighted by molar-refractivity contribution is 6.00. The van der Waals surface area contributed by atoms with Gasteiger partial charge >= 0.3 is 0 Å². The van der Waals surface area contributed by atoms with Crippen LogP contribution in [-0.2, 0) is 0 Å². The molecule has 1 N–H and O–H groups in total. The molecular formula is C12H14FNO. The largest absolute Gasteiger partial charge is 0.307 e. The number of benzene rings is 1. The number of Topliss-reactive ketones (excluding diaryl/α,β-unsaturated/α-hetero) is 1. The van der Waals surface area contributed by atoms with Crippen LogP contribution in [0.15, 0.2) is 24.3 Å². The summed E-state index contributed by atoms with van der Waals surface area (Å²) in [6.45, 7) is 0.852. The van der Waals surface area contributed by atoms with Gasteiger partial charge in [0.25, 0.3) is 0 Å². The first kappa shape index (κ1) is 10.3. The lowest BCUT2D eigenvalue weighted by atomic mass is 9.96. The molecule has 1 unspecified atom stereocenters. The van der Waals surface area contributed by atoms with Gasteiger partial charge in [-0.3, -0.25) is 4.79 Å². The van der Waals surface area contributed by atoms with E-state index < -0.39 is 5.82 Å². The number of piperidine rings is 1. The van der Waals surface area contributed by atoms with Crippen LogP contribution in [0.3, 0.4) is 0 Å². The fourth-order valence-electron chi connectivity index (χ4n) is 1.92. The Kier molecular flexibility index (Phi) is 3.11. The summed E-state index contributed by atoms with van der Waals surface area (Å²) in [6, 6.07) is 5.97. The molecule has 1 atom stereocenters. The Morgan fingerprint density at radius 3 is 2.80 bits per heavy atom. The lowest BCUT2D eigenvalue weighted by molar-refractivity contribution is 0.0923. The first-order chi connectivity index (χ1) is 7.29. The maximum Gasteiger partial charge on any atom is 0.182 e. The topological polar surface area (TPSA) is 29.1 Å². The normalized spacial score (nSPS) is 21.3. The van der Waals surface area contributed by atoms with Gasteiger partial charge in [-0.15, -0.1) is 0 Å². The second-order valence-corrected chi connectivity index (χ2v) is 3.85. The summed E-state index contributed by atoms with van der Waals surface area (Å²) < 4.78 is 13.3. The molecule has 80 valence electrons. The quantitative estimate of drug-likeness (QED) is 0.753.